The van der Waals surface area contributed by atoms with Gasteiger partial charge in [0.15, 0.2) is 0 Å². The molecule has 0 aliphatic carbocycles. The Morgan fingerprint density at radius 1 is 1.42 bits per heavy atom. The van der Waals surface area contributed by atoms with Gasteiger partial charge in [0.05, 0.1) is 11.7 Å². The Labute approximate surface area is 70.6 Å². The summed E-state index contributed by atoms with van der Waals surface area (Å²) in [6, 6.07) is 6.23. The summed E-state index contributed by atoms with van der Waals surface area (Å²) >= 11 is 0. The van der Waals surface area contributed by atoms with Crippen molar-refractivity contribution in [2.45, 2.75) is 6.42 Å². The molecule has 1 aromatic heterocycles. The lowest BCUT2D eigenvalue weighted by Gasteiger charge is -1.96. The van der Waals surface area contributed by atoms with E-state index in [9.17, 15) is 0 Å². The molecule has 0 fully saturated rings. The maximum atomic E-state index is 5.46. The lowest BCUT2D eigenvalue weighted by Crippen LogP contribution is -2.02. The van der Waals surface area contributed by atoms with E-state index in [-0.39, 0.29) is 0 Å². The summed E-state index contributed by atoms with van der Waals surface area (Å²) in [6.45, 7) is 0.698. The van der Waals surface area contributed by atoms with E-state index >= 15 is 0 Å². The van der Waals surface area contributed by atoms with Crippen LogP contribution < -0.4 is 5.73 Å². The highest BCUT2D eigenvalue weighted by Gasteiger charge is 1.96. The van der Waals surface area contributed by atoms with Gasteiger partial charge in [-0.15, -0.1) is 0 Å². The number of benzene rings is 1. The molecule has 3 N–H and O–H groups in total. The molecular formula is C9H11N3. The highest BCUT2D eigenvalue weighted by molar-refractivity contribution is 5.78. The van der Waals surface area contributed by atoms with Crippen molar-refractivity contribution in [3.8, 4) is 0 Å². The molecule has 1 heterocycles. The fourth-order valence-corrected chi connectivity index (χ4v) is 1.31. The van der Waals surface area contributed by atoms with Gasteiger partial charge in [-0.25, -0.2) is 0 Å². The van der Waals surface area contributed by atoms with E-state index in [2.05, 4.69) is 22.3 Å². The highest BCUT2D eigenvalue weighted by Crippen LogP contribution is 2.12. The van der Waals surface area contributed by atoms with E-state index in [1.165, 1.54) is 5.56 Å². The van der Waals surface area contributed by atoms with Crippen LogP contribution in [0.5, 0.6) is 0 Å². The third kappa shape index (κ3) is 1.19. The first-order valence-electron chi connectivity index (χ1n) is 4.02. The molecule has 0 atom stereocenters. The van der Waals surface area contributed by atoms with Crippen molar-refractivity contribution in [3.63, 3.8) is 0 Å². The number of fused-ring (bicyclic) bond motifs is 1. The van der Waals surface area contributed by atoms with Crippen molar-refractivity contribution in [3.05, 3.63) is 30.0 Å². The van der Waals surface area contributed by atoms with Crippen molar-refractivity contribution in [2.75, 3.05) is 6.54 Å². The first kappa shape index (κ1) is 7.31. The summed E-state index contributed by atoms with van der Waals surface area (Å²) in [4.78, 5) is 0. The van der Waals surface area contributed by atoms with Crippen LogP contribution in [0.3, 0.4) is 0 Å². The third-order valence-corrected chi connectivity index (χ3v) is 1.94. The number of rotatable bonds is 2. The van der Waals surface area contributed by atoms with Gasteiger partial charge in [-0.2, -0.15) is 5.10 Å². The number of nitrogens with zero attached hydrogens (tertiary/aromatic N) is 1. The molecular weight excluding hydrogens is 150 g/mol. The number of aromatic amines is 1. The van der Waals surface area contributed by atoms with Gasteiger partial charge in [0, 0.05) is 5.39 Å². The fourth-order valence-electron chi connectivity index (χ4n) is 1.31. The summed E-state index contributed by atoms with van der Waals surface area (Å²) in [5.74, 6) is 0. The average molecular weight is 161 g/mol. The summed E-state index contributed by atoms with van der Waals surface area (Å²) in [7, 11) is 0. The maximum Gasteiger partial charge on any atom is 0.0650 e. The summed E-state index contributed by atoms with van der Waals surface area (Å²) < 4.78 is 0. The Bertz CT molecular complexity index is 378. The zero-order valence-electron chi connectivity index (χ0n) is 6.75. The van der Waals surface area contributed by atoms with Crippen LogP contribution in [-0.2, 0) is 6.42 Å². The van der Waals surface area contributed by atoms with Gasteiger partial charge in [-0.3, -0.25) is 5.10 Å². The van der Waals surface area contributed by atoms with Gasteiger partial charge in [0.1, 0.15) is 0 Å². The molecule has 0 aliphatic heterocycles. The standard InChI is InChI=1S/C9H11N3/c10-4-3-7-1-2-9-8(5-7)6-11-12-9/h1-2,5-6H,3-4,10H2,(H,11,12). The lowest BCUT2D eigenvalue weighted by atomic mass is 10.1. The normalized spacial score (nSPS) is 10.8. The van der Waals surface area contributed by atoms with Crippen LogP contribution in [-0.4, -0.2) is 16.7 Å². The van der Waals surface area contributed by atoms with Gasteiger partial charge in [0.2, 0.25) is 0 Å². The van der Waals surface area contributed by atoms with Gasteiger partial charge >= 0.3 is 0 Å². The van der Waals surface area contributed by atoms with Crippen LogP contribution in [0.4, 0.5) is 0 Å². The predicted molar refractivity (Wildman–Crippen MR) is 48.9 cm³/mol. The van der Waals surface area contributed by atoms with Crippen LogP contribution in [0.25, 0.3) is 10.9 Å². The summed E-state index contributed by atoms with van der Waals surface area (Å²) in [5.41, 5.74) is 7.81. The van der Waals surface area contributed by atoms with Gasteiger partial charge < -0.3 is 5.73 Å². The van der Waals surface area contributed by atoms with Crippen molar-refractivity contribution in [2.24, 2.45) is 5.73 Å². The minimum Gasteiger partial charge on any atom is -0.330 e. The number of H-pyrrole nitrogens is 1. The molecule has 0 aliphatic rings. The second-order valence-corrected chi connectivity index (χ2v) is 2.83. The molecule has 0 amide bonds. The predicted octanol–water partition coefficient (Wildman–Crippen LogP) is 1.06. The van der Waals surface area contributed by atoms with Gasteiger partial charge in [-0.1, -0.05) is 6.07 Å². The number of nitrogens with two attached hydrogens (primary N) is 1. The second-order valence-electron chi connectivity index (χ2n) is 2.83. The van der Waals surface area contributed by atoms with Crippen molar-refractivity contribution in [1.29, 1.82) is 0 Å². The quantitative estimate of drug-likeness (QED) is 0.692. The molecule has 62 valence electrons. The minimum absolute atomic E-state index is 0.698. The Morgan fingerprint density at radius 3 is 3.17 bits per heavy atom. The zero-order valence-corrected chi connectivity index (χ0v) is 6.75. The van der Waals surface area contributed by atoms with E-state index in [1.54, 1.807) is 0 Å². The average Bonchev–Trinajstić information content (AvgIpc) is 2.51. The maximum absolute atomic E-state index is 5.46. The molecule has 1 aromatic carbocycles. The van der Waals surface area contributed by atoms with E-state index in [0.29, 0.717) is 6.54 Å². The largest absolute Gasteiger partial charge is 0.330 e. The molecule has 0 spiro atoms. The van der Waals surface area contributed by atoms with Crippen LogP contribution in [0.2, 0.25) is 0 Å². The smallest absolute Gasteiger partial charge is 0.0650 e. The molecule has 0 radical (unpaired) electrons. The third-order valence-electron chi connectivity index (χ3n) is 1.94. The summed E-state index contributed by atoms with van der Waals surface area (Å²) in [6.07, 6.45) is 2.76. The molecule has 3 heteroatoms. The molecule has 2 rings (SSSR count). The van der Waals surface area contributed by atoms with E-state index in [0.717, 1.165) is 17.3 Å². The molecule has 3 nitrogen and oxygen atoms in total. The Hall–Kier alpha value is -1.35. The number of hydrogen-bond acceptors (Lipinski definition) is 2. The summed E-state index contributed by atoms with van der Waals surface area (Å²) in [5, 5.41) is 8.01. The van der Waals surface area contributed by atoms with Gasteiger partial charge in [0.25, 0.3) is 0 Å². The molecule has 2 aromatic rings. The van der Waals surface area contributed by atoms with E-state index in [4.69, 9.17) is 5.73 Å². The topological polar surface area (TPSA) is 54.7 Å². The molecule has 0 unspecified atom stereocenters. The molecule has 12 heavy (non-hydrogen) atoms. The van der Waals surface area contributed by atoms with Crippen molar-refractivity contribution >= 4 is 10.9 Å². The van der Waals surface area contributed by atoms with E-state index in [1.807, 2.05) is 12.3 Å². The van der Waals surface area contributed by atoms with Crippen molar-refractivity contribution < 1.29 is 0 Å². The van der Waals surface area contributed by atoms with Crippen LogP contribution >= 0.6 is 0 Å². The highest BCUT2D eigenvalue weighted by atomic mass is 15.1. The molecule has 0 saturated carbocycles. The number of aromatic nitrogens is 2. The second kappa shape index (κ2) is 2.95. The van der Waals surface area contributed by atoms with Gasteiger partial charge in [-0.05, 0) is 30.7 Å². The number of nitrogens with one attached hydrogen (secondary N) is 1. The Morgan fingerprint density at radius 2 is 2.33 bits per heavy atom. The van der Waals surface area contributed by atoms with Crippen LogP contribution in [0.1, 0.15) is 5.56 Å². The van der Waals surface area contributed by atoms with Crippen LogP contribution in [0, 0.1) is 0 Å². The fraction of sp³-hybridized carbons (Fsp3) is 0.222. The Kier molecular flexibility index (Phi) is 1.80. The molecule has 0 bridgehead atoms. The zero-order chi connectivity index (χ0) is 8.39. The lowest BCUT2D eigenvalue weighted by molar-refractivity contribution is 0.971. The van der Waals surface area contributed by atoms with E-state index < -0.39 is 0 Å². The monoisotopic (exact) mass is 161 g/mol. The first-order valence-corrected chi connectivity index (χ1v) is 4.02. The minimum atomic E-state index is 0.698. The Balaban J connectivity index is 2.46. The van der Waals surface area contributed by atoms with Crippen LogP contribution in [0.15, 0.2) is 24.4 Å². The van der Waals surface area contributed by atoms with Crippen molar-refractivity contribution in [1.82, 2.24) is 10.2 Å². The SMILES string of the molecule is NCCc1ccc2[nH]ncc2c1. The number of hydrogen-bond donors (Lipinski definition) is 2. The first-order chi connectivity index (χ1) is 5.90. The molecule has 0 saturated heterocycles.